The number of rotatable bonds is 3. The van der Waals surface area contributed by atoms with Crippen LogP contribution in [0.3, 0.4) is 0 Å². The Morgan fingerprint density at radius 1 is 1.00 bits per heavy atom. The topological polar surface area (TPSA) is 18.5 Å². The molecule has 3 rings (SSSR count). The van der Waals surface area contributed by atoms with Gasteiger partial charge in [0.05, 0.1) is 13.2 Å². The van der Waals surface area contributed by atoms with Crippen molar-refractivity contribution in [3.8, 4) is 23.0 Å². The molecule has 0 unspecified atom stereocenters. The van der Waals surface area contributed by atoms with Crippen LogP contribution in [-0.4, -0.2) is 19.5 Å². The predicted octanol–water partition coefficient (Wildman–Crippen LogP) is 4.94. The van der Waals surface area contributed by atoms with Crippen LogP contribution in [0.25, 0.3) is 11.1 Å². The Bertz CT molecular complexity index is 823. The fourth-order valence-corrected chi connectivity index (χ4v) is 2.61. The standard InChI is InChI=1S/C22H20F2O2/c1-2-3-4-17-14-25-22(26-15-17)12-7-16-5-8-18(9-6-16)19-10-11-20(23)21(24)13-19/h3-6,8-11,13,17,22H,2,14-15H2,1H3/t17-,22-. The average molecular weight is 354 g/mol. The summed E-state index contributed by atoms with van der Waals surface area (Å²) < 4.78 is 37.6. The molecule has 26 heavy (non-hydrogen) atoms. The van der Waals surface area contributed by atoms with Gasteiger partial charge in [-0.1, -0.05) is 43.2 Å². The third-order valence-corrected chi connectivity index (χ3v) is 4.04. The van der Waals surface area contributed by atoms with Crippen LogP contribution in [0.4, 0.5) is 8.78 Å². The van der Waals surface area contributed by atoms with E-state index in [0.717, 1.165) is 23.6 Å². The quantitative estimate of drug-likeness (QED) is 0.574. The highest BCUT2D eigenvalue weighted by Gasteiger charge is 2.18. The number of benzene rings is 2. The molecule has 0 atom stereocenters. The Labute approximate surface area is 152 Å². The first-order valence-corrected chi connectivity index (χ1v) is 8.62. The van der Waals surface area contributed by atoms with Gasteiger partial charge in [0.1, 0.15) is 0 Å². The molecule has 2 aromatic rings. The van der Waals surface area contributed by atoms with Crippen molar-refractivity contribution >= 4 is 0 Å². The number of ether oxygens (including phenoxy) is 2. The fourth-order valence-electron chi connectivity index (χ4n) is 2.61. The molecule has 0 spiro atoms. The largest absolute Gasteiger partial charge is 0.341 e. The van der Waals surface area contributed by atoms with Crippen LogP contribution in [0.1, 0.15) is 18.9 Å². The number of halogens is 2. The highest BCUT2D eigenvalue weighted by Crippen LogP contribution is 2.22. The summed E-state index contributed by atoms with van der Waals surface area (Å²) >= 11 is 0. The van der Waals surface area contributed by atoms with Crippen molar-refractivity contribution in [1.82, 2.24) is 0 Å². The summed E-state index contributed by atoms with van der Waals surface area (Å²) in [6.07, 6.45) is 4.70. The molecule has 1 heterocycles. The second kappa shape index (κ2) is 8.75. The monoisotopic (exact) mass is 354 g/mol. The van der Waals surface area contributed by atoms with Gasteiger partial charge in [0.25, 0.3) is 0 Å². The Morgan fingerprint density at radius 3 is 2.35 bits per heavy atom. The molecule has 0 radical (unpaired) electrons. The minimum absolute atomic E-state index is 0.281. The van der Waals surface area contributed by atoms with E-state index in [0.29, 0.717) is 18.8 Å². The lowest BCUT2D eigenvalue weighted by molar-refractivity contribution is -0.160. The molecule has 0 aromatic heterocycles. The third-order valence-electron chi connectivity index (χ3n) is 4.04. The molecule has 4 heteroatoms. The van der Waals surface area contributed by atoms with Crippen LogP contribution >= 0.6 is 0 Å². The van der Waals surface area contributed by atoms with E-state index in [1.54, 1.807) is 6.07 Å². The molecule has 1 aliphatic heterocycles. The molecular formula is C22H20F2O2. The molecule has 1 fully saturated rings. The Balaban J connectivity index is 1.61. The third kappa shape index (κ3) is 4.78. The van der Waals surface area contributed by atoms with E-state index in [1.807, 2.05) is 24.3 Å². The summed E-state index contributed by atoms with van der Waals surface area (Å²) in [5.41, 5.74) is 2.22. The van der Waals surface area contributed by atoms with E-state index in [9.17, 15) is 8.78 Å². The smallest absolute Gasteiger partial charge is 0.222 e. The fraction of sp³-hybridized carbons (Fsp3) is 0.273. The van der Waals surface area contributed by atoms with Crippen LogP contribution in [0.2, 0.25) is 0 Å². The highest BCUT2D eigenvalue weighted by molar-refractivity contribution is 5.64. The van der Waals surface area contributed by atoms with Gasteiger partial charge in [-0.2, -0.15) is 0 Å². The van der Waals surface area contributed by atoms with Crippen LogP contribution < -0.4 is 0 Å². The van der Waals surface area contributed by atoms with E-state index in [2.05, 4.69) is 30.9 Å². The van der Waals surface area contributed by atoms with Crippen molar-refractivity contribution in [1.29, 1.82) is 0 Å². The first kappa shape index (κ1) is 18.3. The summed E-state index contributed by atoms with van der Waals surface area (Å²) in [4.78, 5) is 0. The normalized spacial score (nSPS) is 20.0. The van der Waals surface area contributed by atoms with E-state index in [1.165, 1.54) is 6.07 Å². The second-order valence-corrected chi connectivity index (χ2v) is 6.07. The van der Waals surface area contributed by atoms with E-state index in [-0.39, 0.29) is 5.92 Å². The molecule has 2 aromatic carbocycles. The molecule has 134 valence electrons. The van der Waals surface area contributed by atoms with Gasteiger partial charge >= 0.3 is 0 Å². The molecule has 0 N–H and O–H groups in total. The predicted molar refractivity (Wildman–Crippen MR) is 97.3 cm³/mol. The van der Waals surface area contributed by atoms with Crippen LogP contribution in [0.5, 0.6) is 0 Å². The van der Waals surface area contributed by atoms with Gasteiger partial charge in [0.2, 0.25) is 6.29 Å². The summed E-state index contributed by atoms with van der Waals surface area (Å²) in [6.45, 7) is 3.29. The molecule has 0 saturated carbocycles. The highest BCUT2D eigenvalue weighted by atomic mass is 19.2. The van der Waals surface area contributed by atoms with E-state index < -0.39 is 17.9 Å². The zero-order valence-corrected chi connectivity index (χ0v) is 14.5. The molecule has 1 saturated heterocycles. The zero-order chi connectivity index (χ0) is 18.4. The minimum Gasteiger partial charge on any atom is -0.341 e. The SMILES string of the molecule is CCC=C[C@H]1CO[C@H](C#Cc2ccc(-c3ccc(F)c(F)c3)cc2)OC1. The second-order valence-electron chi connectivity index (χ2n) is 6.07. The lowest BCUT2D eigenvalue weighted by Gasteiger charge is -2.24. The van der Waals surface area contributed by atoms with Crippen molar-refractivity contribution in [2.45, 2.75) is 19.6 Å². The number of hydrogen-bond donors (Lipinski definition) is 0. The Hall–Kier alpha value is -2.48. The summed E-state index contributed by atoms with van der Waals surface area (Å²) in [5, 5.41) is 0. The maximum Gasteiger partial charge on any atom is 0.222 e. The Kier molecular flexibility index (Phi) is 6.17. The summed E-state index contributed by atoms with van der Waals surface area (Å²) in [6, 6.07) is 11.2. The first-order valence-electron chi connectivity index (χ1n) is 8.62. The Morgan fingerprint density at radius 2 is 1.69 bits per heavy atom. The van der Waals surface area contributed by atoms with Crippen molar-refractivity contribution in [2.75, 3.05) is 13.2 Å². The lowest BCUT2D eigenvalue weighted by Crippen LogP contribution is -2.30. The van der Waals surface area contributed by atoms with Crippen molar-refractivity contribution in [2.24, 2.45) is 5.92 Å². The molecule has 0 amide bonds. The minimum atomic E-state index is -0.856. The lowest BCUT2D eigenvalue weighted by atomic mass is 10.0. The maximum absolute atomic E-state index is 13.3. The van der Waals surface area contributed by atoms with Gasteiger partial charge in [-0.25, -0.2) is 8.78 Å². The van der Waals surface area contributed by atoms with Crippen LogP contribution in [0.15, 0.2) is 54.6 Å². The molecular weight excluding hydrogens is 334 g/mol. The summed E-state index contributed by atoms with van der Waals surface area (Å²) in [7, 11) is 0. The molecule has 2 nitrogen and oxygen atoms in total. The number of allylic oxidation sites excluding steroid dienone is 1. The van der Waals surface area contributed by atoms with Gasteiger partial charge in [0.15, 0.2) is 11.6 Å². The zero-order valence-electron chi connectivity index (χ0n) is 14.5. The first-order chi connectivity index (χ1) is 12.7. The molecule has 0 bridgehead atoms. The summed E-state index contributed by atoms with van der Waals surface area (Å²) in [5.74, 6) is 4.56. The van der Waals surface area contributed by atoms with E-state index >= 15 is 0 Å². The maximum atomic E-state index is 13.3. The van der Waals surface area contributed by atoms with Gasteiger partial charge in [0, 0.05) is 11.5 Å². The van der Waals surface area contributed by atoms with Crippen LogP contribution in [-0.2, 0) is 9.47 Å². The molecule has 1 aliphatic rings. The van der Waals surface area contributed by atoms with Gasteiger partial charge < -0.3 is 9.47 Å². The average Bonchev–Trinajstić information content (AvgIpc) is 2.68. The van der Waals surface area contributed by atoms with Crippen LogP contribution in [0, 0.1) is 29.4 Å². The number of hydrogen-bond acceptors (Lipinski definition) is 2. The van der Waals surface area contributed by atoms with Crippen molar-refractivity contribution < 1.29 is 18.3 Å². The van der Waals surface area contributed by atoms with Gasteiger partial charge in [-0.15, -0.1) is 0 Å². The van der Waals surface area contributed by atoms with Crippen molar-refractivity contribution in [3.05, 3.63) is 71.8 Å². The molecule has 0 aliphatic carbocycles. The van der Waals surface area contributed by atoms with Gasteiger partial charge in [-0.05, 0) is 47.7 Å². The van der Waals surface area contributed by atoms with Gasteiger partial charge in [-0.3, -0.25) is 0 Å². The van der Waals surface area contributed by atoms with Crippen molar-refractivity contribution in [3.63, 3.8) is 0 Å². The van der Waals surface area contributed by atoms with E-state index in [4.69, 9.17) is 9.47 Å².